The van der Waals surface area contributed by atoms with Gasteiger partial charge in [0.1, 0.15) is 0 Å². The van der Waals surface area contributed by atoms with Crippen molar-refractivity contribution in [1.82, 2.24) is 9.80 Å². The summed E-state index contributed by atoms with van der Waals surface area (Å²) < 4.78 is 0. The third-order valence-corrected chi connectivity index (χ3v) is 9.01. The van der Waals surface area contributed by atoms with Crippen LogP contribution < -0.4 is 0 Å². The molecule has 0 bridgehead atoms. The van der Waals surface area contributed by atoms with Crippen LogP contribution in [0.2, 0.25) is 0 Å². The molecule has 2 aliphatic carbocycles. The Balaban J connectivity index is 0.000000181. The fourth-order valence-electron chi connectivity index (χ4n) is 6.64. The fourth-order valence-corrected chi connectivity index (χ4v) is 6.64. The maximum atomic E-state index is 10.5. The van der Waals surface area contributed by atoms with Crippen LogP contribution in [-0.4, -0.2) is 69.5 Å². The molecule has 6 atom stereocenters. The van der Waals surface area contributed by atoms with Gasteiger partial charge >= 0.3 is 0 Å². The Morgan fingerprint density at radius 3 is 1.28 bits per heavy atom. The second-order valence-corrected chi connectivity index (χ2v) is 11.9. The van der Waals surface area contributed by atoms with Gasteiger partial charge in [0.25, 0.3) is 0 Å². The predicted octanol–water partition coefficient (Wildman–Crippen LogP) is 5.16. The summed E-state index contributed by atoms with van der Waals surface area (Å²) in [6.07, 6.45) is 11.4. The van der Waals surface area contributed by atoms with Gasteiger partial charge in [0.05, 0.1) is 11.2 Å². The number of aliphatic hydroxyl groups is 2. The minimum atomic E-state index is -0.490. The molecule has 184 valence electrons. The van der Waals surface area contributed by atoms with Gasteiger partial charge in [0, 0.05) is 12.1 Å². The van der Waals surface area contributed by atoms with E-state index in [9.17, 15) is 10.2 Å². The summed E-state index contributed by atoms with van der Waals surface area (Å²) in [5, 5.41) is 21.0. The number of nitrogens with zero attached hydrogens (tertiary/aromatic N) is 2. The topological polar surface area (TPSA) is 46.9 Å². The first-order valence-corrected chi connectivity index (χ1v) is 13.2. The van der Waals surface area contributed by atoms with E-state index in [0.717, 1.165) is 38.5 Å². The summed E-state index contributed by atoms with van der Waals surface area (Å²) in [5.41, 5.74) is 1.60. The molecule has 4 heteroatoms. The van der Waals surface area contributed by atoms with E-state index in [1.807, 2.05) is 13.8 Å². The Bertz CT molecular complexity index is 588. The smallest absolute Gasteiger partial charge is 0.0774 e. The molecule has 2 saturated heterocycles. The first-order valence-electron chi connectivity index (χ1n) is 13.2. The van der Waals surface area contributed by atoms with Crippen molar-refractivity contribution in [2.24, 2.45) is 11.8 Å². The summed E-state index contributed by atoms with van der Waals surface area (Å²) in [6.45, 7) is 21.2. The van der Waals surface area contributed by atoms with Crippen molar-refractivity contribution in [3.8, 4) is 0 Å². The van der Waals surface area contributed by atoms with E-state index in [1.54, 1.807) is 0 Å². The van der Waals surface area contributed by atoms with E-state index in [2.05, 4.69) is 36.8 Å². The largest absolute Gasteiger partial charge is 0.389 e. The number of likely N-dealkylation sites (tertiary alicyclic amines) is 2. The molecule has 0 radical (unpaired) electrons. The second kappa shape index (κ2) is 10.7. The van der Waals surface area contributed by atoms with Crippen molar-refractivity contribution in [1.29, 1.82) is 0 Å². The van der Waals surface area contributed by atoms with Gasteiger partial charge in [-0.3, -0.25) is 9.80 Å². The summed E-state index contributed by atoms with van der Waals surface area (Å²) in [5.74, 6) is 1.23. The highest BCUT2D eigenvalue weighted by Crippen LogP contribution is 2.40. The standard InChI is InChI=1S/2C14H25NO/c2*1-11(2)12-6-7-14(3,16)13(10-12)15-8-4-5-9-15/h2*12-13,16H,1,4-10H2,2-3H3/t2*12-,13+,14+/m11/s1. The lowest BCUT2D eigenvalue weighted by atomic mass is 9.73. The van der Waals surface area contributed by atoms with Crippen LogP contribution in [0.3, 0.4) is 0 Å². The molecule has 4 aliphatic rings. The highest BCUT2D eigenvalue weighted by atomic mass is 16.3. The molecule has 0 aromatic heterocycles. The number of rotatable bonds is 4. The highest BCUT2D eigenvalue weighted by Gasteiger charge is 2.43. The maximum absolute atomic E-state index is 10.5. The summed E-state index contributed by atoms with van der Waals surface area (Å²) in [7, 11) is 0. The summed E-state index contributed by atoms with van der Waals surface area (Å²) >= 11 is 0. The van der Waals surface area contributed by atoms with E-state index in [4.69, 9.17) is 0 Å². The van der Waals surface area contributed by atoms with Gasteiger partial charge in [-0.2, -0.15) is 0 Å². The van der Waals surface area contributed by atoms with E-state index >= 15 is 0 Å². The van der Waals surface area contributed by atoms with Gasteiger partial charge in [-0.05, 0) is 130 Å². The molecule has 4 fully saturated rings. The normalized spacial score (nSPS) is 41.2. The predicted molar refractivity (Wildman–Crippen MR) is 135 cm³/mol. The summed E-state index contributed by atoms with van der Waals surface area (Å²) in [6, 6.07) is 0.705. The van der Waals surface area contributed by atoms with Crippen LogP contribution >= 0.6 is 0 Å². The molecule has 0 aromatic rings. The van der Waals surface area contributed by atoms with Gasteiger partial charge in [0.15, 0.2) is 0 Å². The van der Waals surface area contributed by atoms with Gasteiger partial charge in [-0.15, -0.1) is 0 Å². The zero-order chi connectivity index (χ0) is 23.5. The lowest BCUT2D eigenvalue weighted by molar-refractivity contribution is -0.0629. The minimum absolute atomic E-state index is 0.352. The Kier molecular flexibility index (Phi) is 8.68. The first kappa shape index (κ1) is 25.9. The van der Waals surface area contributed by atoms with Crippen molar-refractivity contribution >= 4 is 0 Å². The number of hydrogen-bond acceptors (Lipinski definition) is 4. The Labute approximate surface area is 197 Å². The van der Waals surface area contributed by atoms with Gasteiger partial charge in [-0.25, -0.2) is 0 Å². The second-order valence-electron chi connectivity index (χ2n) is 11.9. The Morgan fingerprint density at radius 2 is 1.00 bits per heavy atom. The van der Waals surface area contributed by atoms with Crippen LogP contribution in [0.25, 0.3) is 0 Å². The molecule has 2 aliphatic heterocycles. The molecule has 0 amide bonds. The van der Waals surface area contributed by atoms with Crippen molar-refractivity contribution in [2.45, 2.75) is 115 Å². The monoisotopic (exact) mass is 446 g/mol. The van der Waals surface area contributed by atoms with Crippen molar-refractivity contribution in [3.63, 3.8) is 0 Å². The van der Waals surface area contributed by atoms with E-state index < -0.39 is 11.2 Å². The summed E-state index contributed by atoms with van der Waals surface area (Å²) in [4.78, 5) is 4.99. The van der Waals surface area contributed by atoms with Crippen molar-refractivity contribution in [2.75, 3.05) is 26.2 Å². The van der Waals surface area contributed by atoms with Crippen molar-refractivity contribution < 1.29 is 10.2 Å². The molecule has 0 aromatic carbocycles. The third-order valence-electron chi connectivity index (χ3n) is 9.01. The zero-order valence-electron chi connectivity index (χ0n) is 21.4. The molecule has 4 nitrogen and oxygen atoms in total. The molecular weight excluding hydrogens is 396 g/mol. The van der Waals surface area contributed by atoms with E-state index in [-0.39, 0.29) is 0 Å². The first-order chi connectivity index (χ1) is 15.0. The van der Waals surface area contributed by atoms with Crippen LogP contribution in [0.15, 0.2) is 24.3 Å². The lowest BCUT2D eigenvalue weighted by Gasteiger charge is -2.45. The molecule has 4 rings (SSSR count). The molecule has 0 unspecified atom stereocenters. The fraction of sp³-hybridized carbons (Fsp3) is 0.857. The van der Waals surface area contributed by atoms with E-state index in [1.165, 1.54) is 63.0 Å². The quantitative estimate of drug-likeness (QED) is 0.586. The average molecular weight is 447 g/mol. The Morgan fingerprint density at radius 1 is 0.688 bits per heavy atom. The number of hydrogen-bond donors (Lipinski definition) is 2. The molecule has 2 heterocycles. The molecule has 0 spiro atoms. The number of allylic oxidation sites excluding steroid dienone is 2. The SMILES string of the molecule is C=C(C)[C@@H]1CC[C@](C)(O)[C@@H](N2CCCC2)C1.C=C(C)[C@@H]1CC[C@](C)(O)[C@@H](N2CCCC2)C1. The van der Waals surface area contributed by atoms with Crippen LogP contribution in [0, 0.1) is 11.8 Å². The van der Waals surface area contributed by atoms with Gasteiger partial charge in [0.2, 0.25) is 0 Å². The zero-order valence-corrected chi connectivity index (χ0v) is 21.4. The average Bonchev–Trinajstić information content (AvgIpc) is 3.42. The van der Waals surface area contributed by atoms with Crippen molar-refractivity contribution in [3.05, 3.63) is 24.3 Å². The lowest BCUT2D eigenvalue weighted by Crippen LogP contribution is -2.53. The van der Waals surface area contributed by atoms with E-state index in [0.29, 0.717) is 23.9 Å². The third kappa shape index (κ3) is 6.25. The Hall–Kier alpha value is -0.680. The molecular formula is C28H50N2O2. The van der Waals surface area contributed by atoms with Crippen LogP contribution in [-0.2, 0) is 0 Å². The maximum Gasteiger partial charge on any atom is 0.0774 e. The molecule has 2 N–H and O–H groups in total. The minimum Gasteiger partial charge on any atom is -0.389 e. The highest BCUT2D eigenvalue weighted by molar-refractivity contribution is 5.07. The van der Waals surface area contributed by atoms with Gasteiger partial charge < -0.3 is 10.2 Å². The van der Waals surface area contributed by atoms with Crippen LogP contribution in [0.5, 0.6) is 0 Å². The molecule has 32 heavy (non-hydrogen) atoms. The van der Waals surface area contributed by atoms with Crippen LogP contribution in [0.1, 0.15) is 91.9 Å². The van der Waals surface area contributed by atoms with Crippen LogP contribution in [0.4, 0.5) is 0 Å². The molecule has 2 saturated carbocycles. The van der Waals surface area contributed by atoms with Gasteiger partial charge in [-0.1, -0.05) is 24.3 Å².